The Morgan fingerprint density at radius 2 is 2.30 bits per heavy atom. The number of hydrogen-bond donors (Lipinski definition) is 1. The standard InChI is InChI=1S/C16H22N2O2/c1-4-14-7-5-12(3)18(14)16-11(2)9-13(10-17-16)6-8-15(19)20/h6,8-10,12,14H,4-5,7H2,1-3H3,(H,19,20)/b8-6+. The first-order valence-electron chi connectivity index (χ1n) is 7.19. The maximum Gasteiger partial charge on any atom is 0.328 e. The number of hydrogen-bond acceptors (Lipinski definition) is 3. The fourth-order valence-corrected chi connectivity index (χ4v) is 2.97. The molecule has 0 aliphatic carbocycles. The van der Waals surface area contributed by atoms with E-state index in [0.29, 0.717) is 12.1 Å². The molecule has 20 heavy (non-hydrogen) atoms. The number of nitrogens with zero attached hydrogens (tertiary/aromatic N) is 2. The number of rotatable bonds is 4. The number of pyridine rings is 1. The molecule has 1 N–H and O–H groups in total. The van der Waals surface area contributed by atoms with E-state index in [0.717, 1.165) is 29.4 Å². The minimum atomic E-state index is -0.939. The second kappa shape index (κ2) is 6.07. The summed E-state index contributed by atoms with van der Waals surface area (Å²) in [6, 6.07) is 3.09. The molecular formula is C16H22N2O2. The van der Waals surface area contributed by atoms with Gasteiger partial charge in [-0.15, -0.1) is 0 Å². The zero-order valence-corrected chi connectivity index (χ0v) is 12.3. The van der Waals surface area contributed by atoms with E-state index in [-0.39, 0.29) is 0 Å². The molecule has 1 fully saturated rings. The number of aryl methyl sites for hydroxylation is 1. The van der Waals surface area contributed by atoms with Crippen molar-refractivity contribution in [1.82, 2.24) is 4.98 Å². The molecule has 0 radical (unpaired) electrons. The van der Waals surface area contributed by atoms with Crippen LogP contribution in [-0.2, 0) is 4.79 Å². The molecule has 1 aliphatic heterocycles. The van der Waals surface area contributed by atoms with Gasteiger partial charge < -0.3 is 10.0 Å². The van der Waals surface area contributed by atoms with Gasteiger partial charge in [-0.25, -0.2) is 9.78 Å². The summed E-state index contributed by atoms with van der Waals surface area (Å²) in [6.07, 6.45) is 8.03. The van der Waals surface area contributed by atoms with Crippen molar-refractivity contribution >= 4 is 17.9 Å². The molecule has 0 aromatic carbocycles. The first kappa shape index (κ1) is 14.6. The summed E-state index contributed by atoms with van der Waals surface area (Å²) in [5, 5.41) is 8.66. The van der Waals surface area contributed by atoms with Crippen molar-refractivity contribution < 1.29 is 9.90 Å². The van der Waals surface area contributed by atoms with Crippen LogP contribution < -0.4 is 4.90 Å². The Balaban J connectivity index is 2.27. The van der Waals surface area contributed by atoms with E-state index in [2.05, 4.69) is 23.7 Å². The number of carboxylic acids is 1. The molecule has 2 atom stereocenters. The van der Waals surface area contributed by atoms with Crippen molar-refractivity contribution in [1.29, 1.82) is 0 Å². The number of aromatic nitrogens is 1. The van der Waals surface area contributed by atoms with Crippen LogP contribution in [0.15, 0.2) is 18.3 Å². The van der Waals surface area contributed by atoms with Crippen molar-refractivity contribution in [3.8, 4) is 0 Å². The first-order chi connectivity index (χ1) is 9.52. The molecule has 0 bridgehead atoms. The van der Waals surface area contributed by atoms with Gasteiger partial charge in [-0.05, 0) is 56.4 Å². The van der Waals surface area contributed by atoms with E-state index >= 15 is 0 Å². The van der Waals surface area contributed by atoms with Crippen molar-refractivity contribution in [2.75, 3.05) is 4.90 Å². The molecule has 0 amide bonds. The van der Waals surface area contributed by atoms with E-state index in [1.54, 1.807) is 12.3 Å². The van der Waals surface area contributed by atoms with Gasteiger partial charge in [0.25, 0.3) is 0 Å². The fourth-order valence-electron chi connectivity index (χ4n) is 2.97. The van der Waals surface area contributed by atoms with Crippen molar-refractivity contribution in [2.45, 2.75) is 52.1 Å². The first-order valence-corrected chi connectivity index (χ1v) is 7.19. The lowest BCUT2D eigenvalue weighted by atomic mass is 10.1. The van der Waals surface area contributed by atoms with Crippen LogP contribution in [0.3, 0.4) is 0 Å². The van der Waals surface area contributed by atoms with Crippen LogP contribution in [0.4, 0.5) is 5.82 Å². The molecule has 1 aromatic heterocycles. The van der Waals surface area contributed by atoms with Gasteiger partial charge >= 0.3 is 5.97 Å². The molecule has 4 nitrogen and oxygen atoms in total. The Bertz CT molecular complexity index is 525. The van der Waals surface area contributed by atoms with Crippen molar-refractivity contribution in [3.63, 3.8) is 0 Å². The minimum absolute atomic E-state index is 0.520. The van der Waals surface area contributed by atoms with Gasteiger partial charge in [0.1, 0.15) is 5.82 Å². The molecule has 0 saturated carbocycles. The van der Waals surface area contributed by atoms with Gasteiger partial charge in [-0.2, -0.15) is 0 Å². The highest BCUT2D eigenvalue weighted by Gasteiger charge is 2.30. The predicted octanol–water partition coefficient (Wildman–Crippen LogP) is 3.26. The Morgan fingerprint density at radius 1 is 1.55 bits per heavy atom. The van der Waals surface area contributed by atoms with E-state index in [1.807, 2.05) is 13.0 Å². The van der Waals surface area contributed by atoms with Gasteiger partial charge in [0.15, 0.2) is 0 Å². The highest BCUT2D eigenvalue weighted by Crippen LogP contribution is 2.32. The van der Waals surface area contributed by atoms with Gasteiger partial charge in [0.05, 0.1) is 0 Å². The average molecular weight is 274 g/mol. The third-order valence-electron chi connectivity index (χ3n) is 3.99. The smallest absolute Gasteiger partial charge is 0.328 e. The van der Waals surface area contributed by atoms with Crippen LogP contribution in [-0.4, -0.2) is 28.1 Å². The van der Waals surface area contributed by atoms with Crippen LogP contribution in [0.25, 0.3) is 6.08 Å². The van der Waals surface area contributed by atoms with Gasteiger partial charge in [-0.3, -0.25) is 0 Å². The van der Waals surface area contributed by atoms with Crippen LogP contribution in [0.5, 0.6) is 0 Å². The second-order valence-corrected chi connectivity index (χ2v) is 5.48. The van der Waals surface area contributed by atoms with Crippen LogP contribution in [0.1, 0.15) is 44.2 Å². The minimum Gasteiger partial charge on any atom is -0.478 e. The number of carbonyl (C=O) groups is 1. The van der Waals surface area contributed by atoms with Gasteiger partial charge in [-0.1, -0.05) is 6.92 Å². The van der Waals surface area contributed by atoms with E-state index in [4.69, 9.17) is 5.11 Å². The number of anilines is 1. The van der Waals surface area contributed by atoms with Crippen molar-refractivity contribution in [3.05, 3.63) is 29.5 Å². The highest BCUT2D eigenvalue weighted by molar-refractivity contribution is 5.85. The molecule has 108 valence electrons. The lowest BCUT2D eigenvalue weighted by Gasteiger charge is -2.30. The zero-order valence-electron chi connectivity index (χ0n) is 12.3. The van der Waals surface area contributed by atoms with Crippen LogP contribution in [0.2, 0.25) is 0 Å². The Morgan fingerprint density at radius 3 is 2.90 bits per heavy atom. The summed E-state index contributed by atoms with van der Waals surface area (Å²) in [6.45, 7) is 6.50. The summed E-state index contributed by atoms with van der Waals surface area (Å²) in [5.74, 6) is 0.0975. The topological polar surface area (TPSA) is 53.4 Å². The van der Waals surface area contributed by atoms with Gasteiger partial charge in [0, 0.05) is 24.4 Å². The fraction of sp³-hybridized carbons (Fsp3) is 0.500. The quantitative estimate of drug-likeness (QED) is 0.856. The Kier molecular flexibility index (Phi) is 4.42. The largest absolute Gasteiger partial charge is 0.478 e. The maximum atomic E-state index is 10.5. The van der Waals surface area contributed by atoms with E-state index < -0.39 is 5.97 Å². The highest BCUT2D eigenvalue weighted by atomic mass is 16.4. The molecule has 2 rings (SSSR count). The van der Waals surface area contributed by atoms with Crippen LogP contribution >= 0.6 is 0 Å². The molecule has 1 aromatic rings. The van der Waals surface area contributed by atoms with E-state index in [1.165, 1.54) is 12.8 Å². The second-order valence-electron chi connectivity index (χ2n) is 5.48. The van der Waals surface area contributed by atoms with Crippen LogP contribution in [0, 0.1) is 6.92 Å². The van der Waals surface area contributed by atoms with Gasteiger partial charge in [0.2, 0.25) is 0 Å². The number of aliphatic carboxylic acids is 1. The van der Waals surface area contributed by atoms with E-state index in [9.17, 15) is 4.79 Å². The molecule has 2 unspecified atom stereocenters. The van der Waals surface area contributed by atoms with Crippen molar-refractivity contribution in [2.24, 2.45) is 0 Å². The summed E-state index contributed by atoms with van der Waals surface area (Å²) in [4.78, 5) is 17.5. The summed E-state index contributed by atoms with van der Waals surface area (Å²) in [7, 11) is 0. The molecule has 1 aliphatic rings. The molecule has 4 heteroatoms. The SMILES string of the molecule is CCC1CCC(C)N1c1ncc(/C=C/C(=O)O)cc1C. The monoisotopic (exact) mass is 274 g/mol. The summed E-state index contributed by atoms with van der Waals surface area (Å²) >= 11 is 0. The third-order valence-corrected chi connectivity index (χ3v) is 3.99. The zero-order chi connectivity index (χ0) is 14.7. The molecule has 2 heterocycles. The lowest BCUT2D eigenvalue weighted by Crippen LogP contribution is -2.35. The maximum absolute atomic E-state index is 10.5. The molecule has 1 saturated heterocycles. The Labute approximate surface area is 120 Å². The summed E-state index contributed by atoms with van der Waals surface area (Å²) < 4.78 is 0. The average Bonchev–Trinajstić information content (AvgIpc) is 2.77. The third kappa shape index (κ3) is 3.00. The molecular weight excluding hydrogens is 252 g/mol. The molecule has 0 spiro atoms. The lowest BCUT2D eigenvalue weighted by molar-refractivity contribution is -0.131. The number of carboxylic acid groups (broad SMARTS) is 1. The summed E-state index contributed by atoms with van der Waals surface area (Å²) in [5.41, 5.74) is 1.93. The predicted molar refractivity (Wildman–Crippen MR) is 80.9 cm³/mol. The Hall–Kier alpha value is -1.84. The normalized spacial score (nSPS) is 22.6.